The van der Waals surface area contributed by atoms with E-state index in [4.69, 9.17) is 38.2 Å². The topological polar surface area (TPSA) is 139 Å². The molecule has 11 heteroatoms. The van der Waals surface area contributed by atoms with Gasteiger partial charge >= 0.3 is 7.82 Å². The van der Waals surface area contributed by atoms with Crippen LogP contribution >= 0.6 is 7.82 Å². The molecule has 0 amide bonds. The maximum Gasteiger partial charge on any atom is 0.466 e. The third-order valence-electron chi connectivity index (χ3n) is 4.67. The van der Waals surface area contributed by atoms with E-state index in [1.807, 2.05) is 30.3 Å². The summed E-state index contributed by atoms with van der Waals surface area (Å²) in [5.41, 5.74) is 3.46. The minimum absolute atomic E-state index is 0.715. The first-order valence-electron chi connectivity index (χ1n) is 9.73. The number of nitrogens with zero attached hydrogens (tertiary/aromatic N) is 1. The number of phosphoric acid groups is 1. The van der Waals surface area contributed by atoms with Gasteiger partial charge in [-0.2, -0.15) is 0 Å². The van der Waals surface area contributed by atoms with Crippen LogP contribution in [0.25, 0.3) is 0 Å². The smallest absolute Gasteiger partial charge is 0.466 e. The summed E-state index contributed by atoms with van der Waals surface area (Å²) in [6.07, 6.45) is 1.75. The van der Waals surface area contributed by atoms with Crippen molar-refractivity contribution in [1.29, 1.82) is 0 Å². The van der Waals surface area contributed by atoms with Crippen LogP contribution in [0.5, 0.6) is 23.0 Å². The highest BCUT2D eigenvalue weighted by Crippen LogP contribution is 2.32. The lowest BCUT2D eigenvalue weighted by Gasteiger charge is -2.20. The lowest BCUT2D eigenvalue weighted by Crippen LogP contribution is -2.30. The molecule has 0 fully saturated rings. The largest absolute Gasteiger partial charge is 0.493 e. The SMILES string of the molecule is COc1ccc(CCNC2=NCCc3cc(OC)c(OC)cc32)cc1OC.O=P(O)(O)O. The van der Waals surface area contributed by atoms with Crippen LogP contribution in [0.3, 0.4) is 0 Å². The molecule has 0 saturated carbocycles. The Morgan fingerprint density at radius 1 is 0.906 bits per heavy atom. The van der Waals surface area contributed by atoms with Crippen LogP contribution in [0, 0.1) is 0 Å². The summed E-state index contributed by atoms with van der Waals surface area (Å²) >= 11 is 0. The number of hydrogen-bond acceptors (Lipinski definition) is 7. The molecule has 0 spiro atoms. The average Bonchev–Trinajstić information content (AvgIpc) is 2.76. The second kappa shape index (κ2) is 11.7. The van der Waals surface area contributed by atoms with Gasteiger partial charge in [-0.05, 0) is 48.2 Å². The van der Waals surface area contributed by atoms with Gasteiger partial charge in [-0.25, -0.2) is 4.57 Å². The highest BCUT2D eigenvalue weighted by atomic mass is 31.2. The van der Waals surface area contributed by atoms with Crippen molar-refractivity contribution in [2.75, 3.05) is 41.5 Å². The number of ether oxygens (including phenoxy) is 4. The minimum atomic E-state index is -4.64. The van der Waals surface area contributed by atoms with Crippen molar-refractivity contribution >= 4 is 13.7 Å². The van der Waals surface area contributed by atoms with Crippen molar-refractivity contribution in [3.63, 3.8) is 0 Å². The molecule has 0 saturated heterocycles. The molecule has 0 aliphatic carbocycles. The number of fused-ring (bicyclic) bond motifs is 1. The molecule has 32 heavy (non-hydrogen) atoms. The van der Waals surface area contributed by atoms with Gasteiger partial charge in [0.2, 0.25) is 0 Å². The summed E-state index contributed by atoms with van der Waals surface area (Å²) in [5, 5.41) is 3.46. The monoisotopic (exact) mass is 468 g/mol. The van der Waals surface area contributed by atoms with Crippen molar-refractivity contribution in [2.45, 2.75) is 12.8 Å². The molecular weight excluding hydrogens is 439 g/mol. The van der Waals surface area contributed by atoms with Gasteiger partial charge in [0.15, 0.2) is 23.0 Å². The Morgan fingerprint density at radius 3 is 2.06 bits per heavy atom. The van der Waals surface area contributed by atoms with Gasteiger partial charge in [-0.1, -0.05) is 6.07 Å². The zero-order chi connectivity index (χ0) is 23.7. The fourth-order valence-corrected chi connectivity index (χ4v) is 3.23. The highest BCUT2D eigenvalue weighted by molar-refractivity contribution is 7.45. The second-order valence-corrected chi connectivity index (χ2v) is 7.75. The molecule has 0 atom stereocenters. The van der Waals surface area contributed by atoms with E-state index in [-0.39, 0.29) is 0 Å². The molecule has 2 aromatic carbocycles. The highest BCUT2D eigenvalue weighted by Gasteiger charge is 2.18. The molecule has 1 aliphatic heterocycles. The number of rotatable bonds is 7. The minimum Gasteiger partial charge on any atom is -0.493 e. The van der Waals surface area contributed by atoms with Crippen molar-refractivity contribution in [3.8, 4) is 23.0 Å². The lowest BCUT2D eigenvalue weighted by molar-refractivity contribution is 0.275. The Kier molecular flexibility index (Phi) is 9.34. The van der Waals surface area contributed by atoms with Crippen molar-refractivity contribution in [3.05, 3.63) is 47.0 Å². The number of nitrogens with one attached hydrogen (secondary N) is 1. The maximum absolute atomic E-state index is 8.88. The molecule has 1 aliphatic rings. The molecule has 176 valence electrons. The Labute approximate surface area is 187 Å². The molecule has 0 bridgehead atoms. The number of benzene rings is 2. The summed E-state index contributed by atoms with van der Waals surface area (Å²) < 4.78 is 30.4. The number of methoxy groups -OCH3 is 4. The predicted molar refractivity (Wildman–Crippen MR) is 120 cm³/mol. The van der Waals surface area contributed by atoms with Crippen LogP contribution in [-0.4, -0.2) is 62.0 Å². The first-order chi connectivity index (χ1) is 15.2. The van der Waals surface area contributed by atoms with Gasteiger partial charge in [0.05, 0.1) is 28.4 Å². The Hall–Kier alpha value is -2.78. The zero-order valence-corrected chi connectivity index (χ0v) is 19.4. The summed E-state index contributed by atoms with van der Waals surface area (Å²) in [6.45, 7) is 1.53. The number of hydrogen-bond donors (Lipinski definition) is 4. The van der Waals surface area contributed by atoms with Gasteiger partial charge in [-0.15, -0.1) is 0 Å². The normalized spacial score (nSPS) is 12.5. The first-order valence-corrected chi connectivity index (χ1v) is 11.3. The number of aliphatic imine (C=N–C) groups is 1. The van der Waals surface area contributed by atoms with E-state index in [0.717, 1.165) is 54.6 Å². The fourth-order valence-electron chi connectivity index (χ4n) is 3.23. The molecule has 3 rings (SSSR count). The zero-order valence-electron chi connectivity index (χ0n) is 18.5. The predicted octanol–water partition coefficient (Wildman–Crippen LogP) is 1.93. The van der Waals surface area contributed by atoms with E-state index in [1.165, 1.54) is 11.1 Å². The third kappa shape index (κ3) is 7.42. The van der Waals surface area contributed by atoms with Crippen molar-refractivity contribution in [2.24, 2.45) is 4.99 Å². The van der Waals surface area contributed by atoms with E-state index in [2.05, 4.69) is 10.3 Å². The van der Waals surface area contributed by atoms with Crippen LogP contribution in [0.4, 0.5) is 0 Å². The van der Waals surface area contributed by atoms with E-state index < -0.39 is 7.82 Å². The Bertz CT molecular complexity index is 982. The van der Waals surface area contributed by atoms with E-state index in [9.17, 15) is 0 Å². The summed E-state index contributed by atoms with van der Waals surface area (Å²) in [6, 6.07) is 10.0. The standard InChI is InChI=1S/C21H26N2O4.H3O4P/c1-24-17-6-5-14(11-18(17)25-2)7-9-22-21-16-13-20(27-4)19(26-3)12-15(16)8-10-23-21;1-5(2,3)4/h5-6,11-13H,7-10H2,1-4H3,(H,22,23);(H3,1,2,3,4). The fraction of sp³-hybridized carbons (Fsp3) is 0.381. The van der Waals surface area contributed by atoms with Crippen molar-refractivity contribution < 1.29 is 38.2 Å². The van der Waals surface area contributed by atoms with Gasteiger partial charge in [0.25, 0.3) is 0 Å². The van der Waals surface area contributed by atoms with Crippen LogP contribution in [0.1, 0.15) is 16.7 Å². The molecule has 10 nitrogen and oxygen atoms in total. The van der Waals surface area contributed by atoms with E-state index in [1.54, 1.807) is 28.4 Å². The average molecular weight is 468 g/mol. The molecular formula is C21H29N2O8P. The first kappa shape index (κ1) is 25.5. The van der Waals surface area contributed by atoms with E-state index >= 15 is 0 Å². The van der Waals surface area contributed by atoms with E-state index in [0.29, 0.717) is 5.75 Å². The van der Waals surface area contributed by atoms with Crippen LogP contribution < -0.4 is 24.3 Å². The molecule has 0 aromatic heterocycles. The summed E-state index contributed by atoms with van der Waals surface area (Å²) in [5.74, 6) is 3.85. The lowest BCUT2D eigenvalue weighted by atomic mass is 9.99. The molecule has 0 radical (unpaired) electrons. The summed E-state index contributed by atoms with van der Waals surface area (Å²) in [7, 11) is 1.95. The Morgan fingerprint density at radius 2 is 1.47 bits per heavy atom. The molecule has 1 heterocycles. The number of amidine groups is 1. The van der Waals surface area contributed by atoms with Gasteiger partial charge in [0.1, 0.15) is 5.84 Å². The quantitative estimate of drug-likeness (QED) is 0.449. The van der Waals surface area contributed by atoms with Gasteiger partial charge in [-0.3, -0.25) is 4.99 Å². The van der Waals surface area contributed by atoms with Crippen LogP contribution in [-0.2, 0) is 17.4 Å². The van der Waals surface area contributed by atoms with Crippen LogP contribution in [0.2, 0.25) is 0 Å². The van der Waals surface area contributed by atoms with Crippen molar-refractivity contribution in [1.82, 2.24) is 5.32 Å². The Balaban J connectivity index is 0.000000654. The van der Waals surface area contributed by atoms with Gasteiger partial charge in [0, 0.05) is 18.7 Å². The third-order valence-corrected chi connectivity index (χ3v) is 4.67. The molecule has 2 aromatic rings. The second-order valence-electron chi connectivity index (χ2n) is 6.72. The maximum atomic E-state index is 8.88. The summed E-state index contributed by atoms with van der Waals surface area (Å²) in [4.78, 5) is 26.2. The van der Waals surface area contributed by atoms with Crippen LogP contribution in [0.15, 0.2) is 35.3 Å². The molecule has 4 N–H and O–H groups in total. The van der Waals surface area contributed by atoms with Gasteiger partial charge < -0.3 is 38.9 Å². The molecule has 0 unspecified atom stereocenters.